The third-order valence-electron chi connectivity index (χ3n) is 5.35. The Kier molecular flexibility index (Phi) is 14.5. The highest BCUT2D eigenvalue weighted by Crippen LogP contribution is 2.12. The molecule has 0 aliphatic heterocycles. The van der Waals surface area contributed by atoms with Gasteiger partial charge in [0.1, 0.15) is 29.9 Å². The molecule has 0 saturated carbocycles. The van der Waals surface area contributed by atoms with E-state index in [-0.39, 0.29) is 25.0 Å². The van der Waals surface area contributed by atoms with Gasteiger partial charge in [0.15, 0.2) is 0 Å². The summed E-state index contributed by atoms with van der Waals surface area (Å²) in [6.07, 6.45) is 3.40. The van der Waals surface area contributed by atoms with Gasteiger partial charge in [-0.25, -0.2) is 4.79 Å². The molecule has 12 nitrogen and oxygen atoms in total. The molecule has 3 amide bonds. The number of thioether (sulfide) groups is 1. The van der Waals surface area contributed by atoms with Gasteiger partial charge in [-0.1, -0.05) is 12.1 Å². The van der Waals surface area contributed by atoms with Crippen LogP contribution in [0.3, 0.4) is 0 Å². The van der Waals surface area contributed by atoms with Gasteiger partial charge in [0.25, 0.3) is 0 Å². The van der Waals surface area contributed by atoms with Crippen molar-refractivity contribution in [2.45, 2.75) is 56.3 Å². The standard InChI is InChI=1S/C23H37N5O7S/c1-36-11-9-18(22(33)28-19(23(34)35)12-14-5-7-15(30)8-6-14)27-21(32)17(4-2-3-10-24)26-20(31)16(25)13-29/h5-8,16-19,29-30H,2-4,9-13,24-25H2,1H3,(H,26,31)(H,27,32)(H,28,33)(H,34,35). The maximum atomic E-state index is 13.0. The molecule has 0 bridgehead atoms. The minimum absolute atomic E-state index is 0.0264. The van der Waals surface area contributed by atoms with Crippen molar-refractivity contribution in [1.82, 2.24) is 16.0 Å². The van der Waals surface area contributed by atoms with Crippen molar-refractivity contribution in [1.29, 1.82) is 0 Å². The van der Waals surface area contributed by atoms with Crippen LogP contribution in [0.1, 0.15) is 31.2 Å². The maximum absolute atomic E-state index is 13.0. The largest absolute Gasteiger partial charge is 0.508 e. The van der Waals surface area contributed by atoms with Gasteiger partial charge in [0, 0.05) is 6.42 Å². The summed E-state index contributed by atoms with van der Waals surface area (Å²) < 4.78 is 0. The number of nitrogens with two attached hydrogens (primary N) is 2. The fourth-order valence-electron chi connectivity index (χ4n) is 3.24. The first-order valence-corrected chi connectivity index (χ1v) is 13.0. The number of aliphatic hydroxyl groups excluding tert-OH is 1. The molecule has 1 aromatic carbocycles. The lowest BCUT2D eigenvalue weighted by atomic mass is 10.0. The van der Waals surface area contributed by atoms with Gasteiger partial charge in [-0.15, -0.1) is 0 Å². The highest BCUT2D eigenvalue weighted by Gasteiger charge is 2.30. The molecule has 10 N–H and O–H groups in total. The van der Waals surface area contributed by atoms with Crippen LogP contribution in [-0.4, -0.2) is 88.3 Å². The van der Waals surface area contributed by atoms with E-state index in [1.54, 1.807) is 12.1 Å². The fraction of sp³-hybridized carbons (Fsp3) is 0.565. The quantitative estimate of drug-likeness (QED) is 0.112. The van der Waals surface area contributed by atoms with Crippen LogP contribution in [0.5, 0.6) is 5.75 Å². The number of amides is 3. The van der Waals surface area contributed by atoms with Gasteiger partial charge < -0.3 is 42.7 Å². The molecule has 1 rings (SSSR count). The molecule has 0 fully saturated rings. The summed E-state index contributed by atoms with van der Waals surface area (Å²) in [5.41, 5.74) is 11.6. The smallest absolute Gasteiger partial charge is 0.326 e. The zero-order valence-corrected chi connectivity index (χ0v) is 21.1. The SMILES string of the molecule is CSCCC(NC(=O)C(CCCCN)NC(=O)C(N)CO)C(=O)NC(Cc1ccc(O)cc1)C(=O)O. The molecule has 13 heteroatoms. The van der Waals surface area contributed by atoms with Crippen LogP contribution in [0.25, 0.3) is 0 Å². The number of benzene rings is 1. The lowest BCUT2D eigenvalue weighted by molar-refractivity contribution is -0.142. The third-order valence-corrected chi connectivity index (χ3v) is 5.99. The second-order valence-corrected chi connectivity index (χ2v) is 9.23. The zero-order valence-electron chi connectivity index (χ0n) is 20.3. The number of carbonyl (C=O) groups excluding carboxylic acids is 3. The van der Waals surface area contributed by atoms with Crippen LogP contribution in [0, 0.1) is 0 Å². The summed E-state index contributed by atoms with van der Waals surface area (Å²) >= 11 is 1.45. The number of nitrogens with one attached hydrogen (secondary N) is 3. The second kappa shape index (κ2) is 16.7. The van der Waals surface area contributed by atoms with E-state index in [0.717, 1.165) is 0 Å². The van der Waals surface area contributed by atoms with Gasteiger partial charge in [-0.05, 0) is 61.9 Å². The Labute approximate surface area is 214 Å². The van der Waals surface area contributed by atoms with E-state index in [4.69, 9.17) is 16.6 Å². The molecular weight excluding hydrogens is 490 g/mol. The number of hydrogen-bond acceptors (Lipinski definition) is 9. The highest BCUT2D eigenvalue weighted by molar-refractivity contribution is 7.98. The Hall–Kier alpha value is -2.87. The molecule has 4 unspecified atom stereocenters. The average Bonchev–Trinajstić information content (AvgIpc) is 2.85. The summed E-state index contributed by atoms with van der Waals surface area (Å²) in [4.78, 5) is 50.0. The Morgan fingerprint density at radius 3 is 2.00 bits per heavy atom. The number of phenolic OH excluding ortho intramolecular Hbond substituents is 1. The molecule has 202 valence electrons. The van der Waals surface area contributed by atoms with Crippen molar-refractivity contribution < 1.29 is 34.5 Å². The Morgan fingerprint density at radius 1 is 0.917 bits per heavy atom. The topological polar surface area (TPSA) is 217 Å². The van der Waals surface area contributed by atoms with E-state index >= 15 is 0 Å². The van der Waals surface area contributed by atoms with E-state index in [1.807, 2.05) is 6.26 Å². The predicted molar refractivity (Wildman–Crippen MR) is 136 cm³/mol. The first-order chi connectivity index (χ1) is 17.1. The molecule has 0 saturated heterocycles. The van der Waals surface area contributed by atoms with E-state index in [9.17, 15) is 29.4 Å². The average molecular weight is 528 g/mol. The van der Waals surface area contributed by atoms with Crippen LogP contribution < -0.4 is 27.4 Å². The summed E-state index contributed by atoms with van der Waals surface area (Å²) in [6.45, 7) is -0.200. The van der Waals surface area contributed by atoms with Gasteiger partial charge in [-0.3, -0.25) is 14.4 Å². The van der Waals surface area contributed by atoms with Crippen LogP contribution in [0.4, 0.5) is 0 Å². The summed E-state index contributed by atoms with van der Waals surface area (Å²) in [6, 6.07) is 1.40. The molecule has 0 radical (unpaired) electrons. The number of carbonyl (C=O) groups is 4. The van der Waals surface area contributed by atoms with Crippen LogP contribution in [0.15, 0.2) is 24.3 Å². The molecule has 1 aromatic rings. The zero-order chi connectivity index (χ0) is 27.1. The summed E-state index contributed by atoms with van der Waals surface area (Å²) in [7, 11) is 0. The molecule has 0 heterocycles. The summed E-state index contributed by atoms with van der Waals surface area (Å²) in [5, 5.41) is 35.7. The Balaban J connectivity index is 2.97. The summed E-state index contributed by atoms with van der Waals surface area (Å²) in [5.74, 6) is -2.73. The number of aliphatic carboxylic acids is 1. The van der Waals surface area contributed by atoms with Crippen molar-refractivity contribution >= 4 is 35.5 Å². The van der Waals surface area contributed by atoms with E-state index in [0.29, 0.717) is 30.7 Å². The fourth-order valence-corrected chi connectivity index (χ4v) is 3.71. The number of rotatable bonds is 17. The number of carboxylic acids is 1. The number of carboxylic acid groups (broad SMARTS) is 1. The molecule has 36 heavy (non-hydrogen) atoms. The lowest BCUT2D eigenvalue weighted by Crippen LogP contribution is -2.57. The number of unbranched alkanes of at least 4 members (excludes halogenated alkanes) is 1. The highest BCUT2D eigenvalue weighted by atomic mass is 32.2. The second-order valence-electron chi connectivity index (χ2n) is 8.25. The molecular formula is C23H37N5O7S. The van der Waals surface area contributed by atoms with Crippen molar-refractivity contribution in [3.05, 3.63) is 29.8 Å². The normalized spacial score (nSPS) is 14.2. The predicted octanol–water partition coefficient (Wildman–Crippen LogP) is -1.32. The molecule has 0 aliphatic rings. The van der Waals surface area contributed by atoms with E-state index < -0.39 is 54.5 Å². The number of hydrogen-bond donors (Lipinski definition) is 8. The Bertz CT molecular complexity index is 856. The minimum Gasteiger partial charge on any atom is -0.508 e. The monoisotopic (exact) mass is 527 g/mol. The Morgan fingerprint density at radius 2 is 1.47 bits per heavy atom. The van der Waals surface area contributed by atoms with E-state index in [2.05, 4.69) is 16.0 Å². The minimum atomic E-state index is -1.27. The van der Waals surface area contributed by atoms with Gasteiger partial charge in [-0.2, -0.15) is 11.8 Å². The number of aromatic hydroxyl groups is 1. The van der Waals surface area contributed by atoms with E-state index in [1.165, 1.54) is 23.9 Å². The van der Waals surface area contributed by atoms with Gasteiger partial charge in [0.05, 0.1) is 6.61 Å². The lowest BCUT2D eigenvalue weighted by Gasteiger charge is -2.25. The molecule has 0 spiro atoms. The molecule has 0 aromatic heterocycles. The molecule has 0 aliphatic carbocycles. The molecule has 4 atom stereocenters. The van der Waals surface area contributed by atoms with Crippen molar-refractivity contribution in [3.8, 4) is 5.75 Å². The third kappa shape index (κ3) is 11.2. The van der Waals surface area contributed by atoms with Gasteiger partial charge in [0.2, 0.25) is 17.7 Å². The number of phenols is 1. The van der Waals surface area contributed by atoms with Crippen molar-refractivity contribution in [2.75, 3.05) is 25.2 Å². The van der Waals surface area contributed by atoms with Crippen LogP contribution in [0.2, 0.25) is 0 Å². The van der Waals surface area contributed by atoms with Crippen LogP contribution >= 0.6 is 11.8 Å². The first kappa shape index (κ1) is 31.2. The van der Waals surface area contributed by atoms with Crippen LogP contribution in [-0.2, 0) is 25.6 Å². The maximum Gasteiger partial charge on any atom is 0.326 e. The van der Waals surface area contributed by atoms with Crippen molar-refractivity contribution in [3.63, 3.8) is 0 Å². The van der Waals surface area contributed by atoms with Crippen molar-refractivity contribution in [2.24, 2.45) is 11.5 Å². The first-order valence-electron chi connectivity index (χ1n) is 11.6. The van der Waals surface area contributed by atoms with Gasteiger partial charge >= 0.3 is 5.97 Å². The number of aliphatic hydroxyl groups is 1.